The SMILES string of the molecule is CO.Nc1ncc(C2CCCC(O)C2)nc1-c1ccc(C(=O)NCc2cc(F)cc(Br)c2)c(F)c1. The first-order valence-electron chi connectivity index (χ1n) is 11.1. The van der Waals surface area contributed by atoms with Crippen LogP contribution in [0.2, 0.25) is 0 Å². The van der Waals surface area contributed by atoms with Crippen LogP contribution in [0.3, 0.4) is 0 Å². The normalized spacial score (nSPS) is 17.3. The van der Waals surface area contributed by atoms with Gasteiger partial charge in [0, 0.05) is 29.6 Å². The number of aromatic nitrogens is 2. The third-order valence-corrected chi connectivity index (χ3v) is 6.20. The highest BCUT2D eigenvalue weighted by atomic mass is 79.9. The molecule has 35 heavy (non-hydrogen) atoms. The van der Waals surface area contributed by atoms with Gasteiger partial charge in [0.15, 0.2) is 0 Å². The second kappa shape index (κ2) is 12.1. The third-order valence-electron chi connectivity index (χ3n) is 5.75. The van der Waals surface area contributed by atoms with E-state index in [1.165, 1.54) is 24.3 Å². The summed E-state index contributed by atoms with van der Waals surface area (Å²) in [5.41, 5.74) is 7.85. The van der Waals surface area contributed by atoms with E-state index in [-0.39, 0.29) is 29.9 Å². The van der Waals surface area contributed by atoms with Gasteiger partial charge in [-0.25, -0.2) is 18.7 Å². The van der Waals surface area contributed by atoms with E-state index in [9.17, 15) is 18.7 Å². The molecule has 3 aromatic rings. The monoisotopic (exact) mass is 548 g/mol. The Hall–Kier alpha value is -2.95. The zero-order valence-corrected chi connectivity index (χ0v) is 20.7. The number of nitrogens with zero attached hydrogens (tertiary/aromatic N) is 2. The Labute approximate surface area is 210 Å². The van der Waals surface area contributed by atoms with E-state index >= 15 is 0 Å². The van der Waals surface area contributed by atoms with Gasteiger partial charge in [0.05, 0.1) is 23.6 Å². The Morgan fingerprint density at radius 2 is 1.97 bits per heavy atom. The summed E-state index contributed by atoms with van der Waals surface area (Å²) >= 11 is 3.20. The highest BCUT2D eigenvalue weighted by Gasteiger charge is 2.24. The predicted octanol–water partition coefficient (Wildman–Crippen LogP) is 4.32. The maximum absolute atomic E-state index is 14.8. The minimum atomic E-state index is -0.731. The van der Waals surface area contributed by atoms with Crippen molar-refractivity contribution in [2.24, 2.45) is 0 Å². The van der Waals surface area contributed by atoms with Gasteiger partial charge in [-0.2, -0.15) is 0 Å². The molecule has 5 N–H and O–H groups in total. The van der Waals surface area contributed by atoms with E-state index in [2.05, 4.69) is 31.2 Å². The Kier molecular flexibility index (Phi) is 9.25. The van der Waals surface area contributed by atoms with Crippen LogP contribution < -0.4 is 11.1 Å². The molecule has 0 radical (unpaired) electrons. The first kappa shape index (κ1) is 26.7. The van der Waals surface area contributed by atoms with Crippen LogP contribution in [0.1, 0.15) is 53.2 Å². The fraction of sp³-hybridized carbons (Fsp3) is 0.320. The molecule has 2 aromatic carbocycles. The minimum absolute atomic E-state index is 0.0457. The lowest BCUT2D eigenvalue weighted by molar-refractivity contribution is 0.0946. The Balaban J connectivity index is 0.00000167. The van der Waals surface area contributed by atoms with Gasteiger partial charge >= 0.3 is 0 Å². The zero-order valence-electron chi connectivity index (χ0n) is 19.1. The Bertz CT molecular complexity index is 1180. The summed E-state index contributed by atoms with van der Waals surface area (Å²) in [6.07, 6.45) is 4.41. The van der Waals surface area contributed by atoms with Crippen LogP contribution in [0.4, 0.5) is 14.6 Å². The summed E-state index contributed by atoms with van der Waals surface area (Å²) in [5.74, 6) is -1.57. The van der Waals surface area contributed by atoms with Crippen molar-refractivity contribution in [1.82, 2.24) is 15.3 Å². The van der Waals surface area contributed by atoms with Crippen molar-refractivity contribution in [3.63, 3.8) is 0 Å². The molecule has 1 aromatic heterocycles. The largest absolute Gasteiger partial charge is 0.400 e. The van der Waals surface area contributed by atoms with Crippen LogP contribution in [-0.2, 0) is 6.54 Å². The van der Waals surface area contributed by atoms with Crippen LogP contribution in [0.15, 0.2) is 47.1 Å². The molecule has 2 atom stereocenters. The van der Waals surface area contributed by atoms with Crippen molar-refractivity contribution >= 4 is 27.7 Å². The van der Waals surface area contributed by atoms with Gasteiger partial charge in [0.25, 0.3) is 5.91 Å². The second-order valence-electron chi connectivity index (χ2n) is 8.20. The molecule has 0 saturated heterocycles. The molecule has 7 nitrogen and oxygen atoms in total. The lowest BCUT2D eigenvalue weighted by Crippen LogP contribution is -2.24. The van der Waals surface area contributed by atoms with Gasteiger partial charge in [-0.05, 0) is 55.2 Å². The van der Waals surface area contributed by atoms with Gasteiger partial charge in [-0.1, -0.05) is 28.4 Å². The van der Waals surface area contributed by atoms with Crippen LogP contribution in [-0.4, -0.2) is 39.3 Å². The molecule has 0 bridgehead atoms. The lowest BCUT2D eigenvalue weighted by atomic mass is 9.85. The second-order valence-corrected chi connectivity index (χ2v) is 9.12. The van der Waals surface area contributed by atoms with Gasteiger partial charge in [-0.15, -0.1) is 0 Å². The molecule has 0 aliphatic heterocycles. The van der Waals surface area contributed by atoms with E-state index in [0.717, 1.165) is 26.4 Å². The molecule has 4 rings (SSSR count). The van der Waals surface area contributed by atoms with E-state index in [4.69, 9.17) is 10.8 Å². The summed E-state index contributed by atoms with van der Waals surface area (Å²) in [4.78, 5) is 21.3. The highest BCUT2D eigenvalue weighted by molar-refractivity contribution is 9.10. The summed E-state index contributed by atoms with van der Waals surface area (Å²) in [5, 5.41) is 19.6. The maximum atomic E-state index is 14.8. The number of aliphatic hydroxyl groups is 2. The summed E-state index contributed by atoms with van der Waals surface area (Å²) in [6, 6.07) is 8.40. The standard InChI is InChI=1S/C24H23BrF2N4O2.CH4O/c25-16-6-13(7-17(26)10-16)11-30-24(33)19-5-4-15(9-20(19)27)22-23(28)29-12-21(31-22)14-2-1-3-18(32)8-14;1-2/h4-7,9-10,12,14,18,32H,1-3,8,11H2,(H2,28,29)(H,30,33);2H,1H3. The first-order chi connectivity index (χ1) is 16.8. The molecular formula is C25H27BrF2N4O3. The fourth-order valence-corrected chi connectivity index (χ4v) is 4.60. The van der Waals surface area contributed by atoms with E-state index in [1.54, 1.807) is 18.3 Å². The average molecular weight is 549 g/mol. The Morgan fingerprint density at radius 3 is 2.66 bits per heavy atom. The minimum Gasteiger partial charge on any atom is -0.400 e. The number of benzene rings is 2. The van der Waals surface area contributed by atoms with Gasteiger partial charge < -0.3 is 21.3 Å². The summed E-state index contributed by atoms with van der Waals surface area (Å²) in [6.45, 7) is 0.0457. The number of nitrogen functional groups attached to an aromatic ring is 1. The van der Waals surface area contributed by atoms with Crippen molar-refractivity contribution in [3.8, 4) is 11.3 Å². The maximum Gasteiger partial charge on any atom is 0.254 e. The number of carbonyl (C=O) groups is 1. The topological polar surface area (TPSA) is 121 Å². The quantitative estimate of drug-likeness (QED) is 0.376. The van der Waals surface area contributed by atoms with E-state index in [0.29, 0.717) is 33.4 Å². The number of anilines is 1. The molecule has 186 valence electrons. The van der Waals surface area contributed by atoms with Crippen LogP contribution in [0.25, 0.3) is 11.3 Å². The molecule has 1 amide bonds. The number of aliphatic hydroxyl groups excluding tert-OH is 2. The van der Waals surface area contributed by atoms with Crippen molar-refractivity contribution in [1.29, 1.82) is 0 Å². The predicted molar refractivity (Wildman–Crippen MR) is 132 cm³/mol. The van der Waals surface area contributed by atoms with Crippen molar-refractivity contribution in [2.75, 3.05) is 12.8 Å². The van der Waals surface area contributed by atoms with Gasteiger partial charge in [0.1, 0.15) is 23.1 Å². The van der Waals surface area contributed by atoms with Crippen molar-refractivity contribution in [2.45, 2.75) is 44.2 Å². The zero-order chi connectivity index (χ0) is 25.5. The smallest absolute Gasteiger partial charge is 0.254 e. The molecule has 0 spiro atoms. The summed E-state index contributed by atoms with van der Waals surface area (Å²) in [7, 11) is 1.00. The molecule has 1 saturated carbocycles. The third kappa shape index (κ3) is 6.81. The first-order valence-corrected chi connectivity index (χ1v) is 11.9. The molecular weight excluding hydrogens is 522 g/mol. The van der Waals surface area contributed by atoms with E-state index in [1.807, 2.05) is 0 Å². The number of hydrogen-bond donors (Lipinski definition) is 4. The van der Waals surface area contributed by atoms with E-state index < -0.39 is 17.5 Å². The molecule has 2 unspecified atom stereocenters. The number of halogens is 3. The molecule has 1 heterocycles. The molecule has 10 heteroatoms. The summed E-state index contributed by atoms with van der Waals surface area (Å²) < 4.78 is 28.9. The number of nitrogens with two attached hydrogens (primary N) is 1. The van der Waals surface area contributed by atoms with Crippen molar-refractivity contribution in [3.05, 3.63) is 75.5 Å². The average Bonchev–Trinajstić information content (AvgIpc) is 2.83. The van der Waals surface area contributed by atoms with Gasteiger partial charge in [-0.3, -0.25) is 4.79 Å². The van der Waals surface area contributed by atoms with Crippen LogP contribution in [0, 0.1) is 11.6 Å². The lowest BCUT2D eigenvalue weighted by Gasteiger charge is -2.25. The number of hydrogen-bond acceptors (Lipinski definition) is 6. The fourth-order valence-electron chi connectivity index (χ4n) is 4.09. The Morgan fingerprint density at radius 1 is 1.20 bits per heavy atom. The highest BCUT2D eigenvalue weighted by Crippen LogP contribution is 2.34. The number of rotatable bonds is 5. The van der Waals surface area contributed by atoms with Gasteiger partial charge in [0.2, 0.25) is 0 Å². The number of nitrogens with one attached hydrogen (secondary N) is 1. The molecule has 1 aliphatic rings. The van der Waals surface area contributed by atoms with Crippen molar-refractivity contribution < 1.29 is 23.8 Å². The molecule has 1 fully saturated rings. The number of carbonyl (C=O) groups excluding carboxylic acids is 1. The number of amides is 1. The molecule has 1 aliphatic carbocycles. The van der Waals surface area contributed by atoms with Crippen LogP contribution >= 0.6 is 15.9 Å². The van der Waals surface area contributed by atoms with Crippen LogP contribution in [0.5, 0.6) is 0 Å².